The Morgan fingerprint density at radius 1 is 1.04 bits per heavy atom. The maximum absolute atomic E-state index is 3.61. The fourth-order valence-corrected chi connectivity index (χ4v) is 4.93. The third-order valence-electron chi connectivity index (χ3n) is 5.69. The third-order valence-corrected chi connectivity index (χ3v) is 6.18. The maximum Gasteiger partial charge on any atom is 0.0240 e. The van der Waals surface area contributed by atoms with Gasteiger partial charge < -0.3 is 0 Å². The summed E-state index contributed by atoms with van der Waals surface area (Å²) in [6, 6.07) is 18.4. The number of hydrogen-bond donors (Lipinski definition) is 0. The van der Waals surface area contributed by atoms with Gasteiger partial charge in [0.15, 0.2) is 0 Å². The van der Waals surface area contributed by atoms with E-state index in [-0.39, 0.29) is 0 Å². The SMILES string of the molecule is C[C@@H]1C[C@@H](N2CCc3cc(Br)ccc3C2)CN(Cc2ccccc2)C1. The third kappa shape index (κ3) is 4.16. The smallest absolute Gasteiger partial charge is 0.0240 e. The normalized spacial score (nSPS) is 24.9. The molecule has 0 radical (unpaired) electrons. The number of halogens is 1. The van der Waals surface area contributed by atoms with Crippen LogP contribution in [0, 0.1) is 5.92 Å². The Morgan fingerprint density at radius 3 is 2.72 bits per heavy atom. The van der Waals surface area contributed by atoms with Crippen molar-refractivity contribution < 1.29 is 0 Å². The summed E-state index contributed by atoms with van der Waals surface area (Å²) in [7, 11) is 0. The predicted molar refractivity (Wildman–Crippen MR) is 108 cm³/mol. The van der Waals surface area contributed by atoms with Crippen molar-refractivity contribution in [2.24, 2.45) is 5.92 Å². The van der Waals surface area contributed by atoms with Crippen LogP contribution < -0.4 is 0 Å². The molecule has 0 amide bonds. The molecule has 25 heavy (non-hydrogen) atoms. The number of hydrogen-bond acceptors (Lipinski definition) is 2. The van der Waals surface area contributed by atoms with Gasteiger partial charge in [-0.15, -0.1) is 0 Å². The molecule has 0 saturated carbocycles. The van der Waals surface area contributed by atoms with Crippen LogP contribution in [0.2, 0.25) is 0 Å². The van der Waals surface area contributed by atoms with Crippen molar-refractivity contribution >= 4 is 15.9 Å². The molecule has 2 heterocycles. The van der Waals surface area contributed by atoms with Gasteiger partial charge in [0.05, 0.1) is 0 Å². The van der Waals surface area contributed by atoms with E-state index >= 15 is 0 Å². The van der Waals surface area contributed by atoms with Gasteiger partial charge in [0.25, 0.3) is 0 Å². The highest BCUT2D eigenvalue weighted by Gasteiger charge is 2.30. The fraction of sp³-hybridized carbons (Fsp3) is 0.455. The summed E-state index contributed by atoms with van der Waals surface area (Å²) in [5, 5.41) is 0. The summed E-state index contributed by atoms with van der Waals surface area (Å²) in [4.78, 5) is 5.38. The summed E-state index contributed by atoms with van der Waals surface area (Å²) in [5.74, 6) is 0.772. The van der Waals surface area contributed by atoms with Crippen LogP contribution in [-0.4, -0.2) is 35.5 Å². The zero-order valence-electron chi connectivity index (χ0n) is 15.0. The second-order valence-electron chi connectivity index (χ2n) is 7.81. The molecular formula is C22H27BrN2. The molecule has 1 fully saturated rings. The Morgan fingerprint density at radius 2 is 1.88 bits per heavy atom. The van der Waals surface area contributed by atoms with Crippen molar-refractivity contribution in [3.05, 3.63) is 69.7 Å². The highest BCUT2D eigenvalue weighted by atomic mass is 79.9. The first-order valence-corrected chi connectivity index (χ1v) is 10.2. The Kier molecular flexibility index (Phi) is 5.25. The molecule has 1 saturated heterocycles. The maximum atomic E-state index is 3.61. The van der Waals surface area contributed by atoms with Crippen LogP contribution in [-0.2, 0) is 19.5 Å². The molecule has 0 N–H and O–H groups in total. The number of fused-ring (bicyclic) bond motifs is 1. The molecule has 2 aromatic carbocycles. The molecule has 2 aliphatic rings. The average Bonchev–Trinajstić information content (AvgIpc) is 2.61. The number of piperidine rings is 1. The molecule has 132 valence electrons. The standard InChI is InChI=1S/C22H27BrN2/c1-17-11-22(16-24(13-17)14-18-5-3-2-4-6-18)25-10-9-19-12-21(23)8-7-20(19)15-25/h2-8,12,17,22H,9-11,13-16H2,1H3/t17-,22-/m1/s1. The second-order valence-corrected chi connectivity index (χ2v) is 8.72. The molecule has 0 aromatic heterocycles. The highest BCUT2D eigenvalue weighted by Crippen LogP contribution is 2.28. The number of nitrogens with zero attached hydrogens (tertiary/aromatic N) is 2. The van der Waals surface area contributed by atoms with E-state index in [4.69, 9.17) is 0 Å². The van der Waals surface area contributed by atoms with E-state index in [9.17, 15) is 0 Å². The fourth-order valence-electron chi connectivity index (χ4n) is 4.52. The van der Waals surface area contributed by atoms with Gasteiger partial charge in [0, 0.05) is 43.2 Å². The zero-order valence-corrected chi connectivity index (χ0v) is 16.6. The first kappa shape index (κ1) is 17.3. The van der Waals surface area contributed by atoms with Crippen LogP contribution in [0.25, 0.3) is 0 Å². The van der Waals surface area contributed by atoms with Crippen LogP contribution >= 0.6 is 15.9 Å². The second kappa shape index (κ2) is 7.61. The molecule has 4 rings (SSSR count). The largest absolute Gasteiger partial charge is 0.297 e. The van der Waals surface area contributed by atoms with Crippen molar-refractivity contribution in [2.75, 3.05) is 19.6 Å². The van der Waals surface area contributed by atoms with Gasteiger partial charge in [0.2, 0.25) is 0 Å². The first-order valence-electron chi connectivity index (χ1n) is 9.45. The summed E-state index contributed by atoms with van der Waals surface area (Å²) < 4.78 is 1.21. The minimum atomic E-state index is 0.684. The highest BCUT2D eigenvalue weighted by molar-refractivity contribution is 9.10. The van der Waals surface area contributed by atoms with E-state index in [0.29, 0.717) is 6.04 Å². The van der Waals surface area contributed by atoms with Gasteiger partial charge in [-0.3, -0.25) is 9.80 Å². The van der Waals surface area contributed by atoms with E-state index < -0.39 is 0 Å². The van der Waals surface area contributed by atoms with E-state index in [2.05, 4.69) is 81.2 Å². The summed E-state index contributed by atoms with van der Waals surface area (Å²) in [6.45, 7) is 8.23. The molecule has 2 aromatic rings. The van der Waals surface area contributed by atoms with Crippen LogP contribution in [0.15, 0.2) is 53.0 Å². The lowest BCUT2D eigenvalue weighted by molar-refractivity contribution is 0.0589. The van der Waals surface area contributed by atoms with Crippen molar-refractivity contribution in [1.29, 1.82) is 0 Å². The van der Waals surface area contributed by atoms with Gasteiger partial charge in [-0.2, -0.15) is 0 Å². The van der Waals surface area contributed by atoms with Crippen molar-refractivity contribution in [3.8, 4) is 0 Å². The zero-order chi connectivity index (χ0) is 17.2. The molecule has 0 unspecified atom stereocenters. The molecule has 0 bridgehead atoms. The molecule has 0 aliphatic carbocycles. The lowest BCUT2D eigenvalue weighted by Crippen LogP contribution is -2.51. The Labute approximate surface area is 160 Å². The van der Waals surface area contributed by atoms with Crippen molar-refractivity contribution in [2.45, 2.75) is 38.9 Å². The molecule has 3 heteroatoms. The topological polar surface area (TPSA) is 6.48 Å². The first-order chi connectivity index (χ1) is 12.2. The average molecular weight is 399 g/mol. The van der Waals surface area contributed by atoms with Gasteiger partial charge in [-0.05, 0) is 47.6 Å². The van der Waals surface area contributed by atoms with E-state index in [1.165, 1.54) is 53.6 Å². The van der Waals surface area contributed by atoms with E-state index in [0.717, 1.165) is 19.0 Å². The predicted octanol–water partition coefficient (Wildman–Crippen LogP) is 4.72. The molecule has 2 aliphatic heterocycles. The van der Waals surface area contributed by atoms with E-state index in [1.54, 1.807) is 0 Å². The summed E-state index contributed by atoms with van der Waals surface area (Å²) in [5.41, 5.74) is 4.47. The molecule has 2 atom stereocenters. The lowest BCUT2D eigenvalue weighted by atomic mass is 9.91. The van der Waals surface area contributed by atoms with Crippen molar-refractivity contribution in [3.63, 3.8) is 0 Å². The molecule has 0 spiro atoms. The van der Waals surface area contributed by atoms with Crippen LogP contribution in [0.1, 0.15) is 30.0 Å². The van der Waals surface area contributed by atoms with Gasteiger partial charge in [0.1, 0.15) is 0 Å². The van der Waals surface area contributed by atoms with Gasteiger partial charge >= 0.3 is 0 Å². The van der Waals surface area contributed by atoms with Crippen LogP contribution in [0.4, 0.5) is 0 Å². The quantitative estimate of drug-likeness (QED) is 0.737. The summed E-state index contributed by atoms with van der Waals surface area (Å²) >= 11 is 3.61. The van der Waals surface area contributed by atoms with E-state index in [1.807, 2.05) is 0 Å². The minimum Gasteiger partial charge on any atom is -0.297 e. The Balaban J connectivity index is 1.44. The monoisotopic (exact) mass is 398 g/mol. The Bertz CT molecular complexity index is 715. The van der Waals surface area contributed by atoms with Crippen LogP contribution in [0.3, 0.4) is 0 Å². The van der Waals surface area contributed by atoms with Gasteiger partial charge in [-0.1, -0.05) is 59.3 Å². The number of rotatable bonds is 3. The Hall–Kier alpha value is -1.16. The minimum absolute atomic E-state index is 0.684. The number of likely N-dealkylation sites (tertiary alicyclic amines) is 1. The summed E-state index contributed by atoms with van der Waals surface area (Å²) in [6.07, 6.45) is 2.51. The van der Waals surface area contributed by atoms with Gasteiger partial charge in [-0.25, -0.2) is 0 Å². The number of benzene rings is 2. The molecule has 2 nitrogen and oxygen atoms in total. The van der Waals surface area contributed by atoms with Crippen molar-refractivity contribution in [1.82, 2.24) is 9.80 Å². The van der Waals surface area contributed by atoms with Crippen LogP contribution in [0.5, 0.6) is 0 Å². The molecular weight excluding hydrogens is 372 g/mol. The lowest BCUT2D eigenvalue weighted by Gasteiger charge is -2.43.